The van der Waals surface area contributed by atoms with Crippen molar-refractivity contribution in [3.63, 3.8) is 0 Å². The lowest BCUT2D eigenvalue weighted by atomic mass is 10.1. The van der Waals surface area contributed by atoms with Crippen molar-refractivity contribution in [1.82, 2.24) is 9.97 Å². The number of aryl methyl sites for hydroxylation is 2. The first-order valence-corrected chi connectivity index (χ1v) is 10.3. The number of nitrogens with one attached hydrogen (secondary N) is 2. The Bertz CT molecular complexity index is 1040. The van der Waals surface area contributed by atoms with E-state index in [-0.39, 0.29) is 11.9 Å². The van der Waals surface area contributed by atoms with Crippen molar-refractivity contribution in [3.8, 4) is 0 Å². The number of thiophene rings is 1. The summed E-state index contributed by atoms with van der Waals surface area (Å²) in [7, 11) is 0. The summed E-state index contributed by atoms with van der Waals surface area (Å²) in [6.45, 7) is 8.03. The van der Waals surface area contributed by atoms with Gasteiger partial charge in [-0.05, 0) is 50.5 Å². The van der Waals surface area contributed by atoms with Gasteiger partial charge in [-0.3, -0.25) is 4.79 Å². The number of fused-ring (bicyclic) bond motifs is 1. The molecule has 3 aromatic rings. The van der Waals surface area contributed by atoms with Crippen LogP contribution in [0.15, 0.2) is 24.3 Å². The minimum Gasteiger partial charge on any atom is -0.462 e. The molecule has 0 aliphatic rings. The number of esters is 1. The first-order valence-electron chi connectivity index (χ1n) is 9.44. The van der Waals surface area contributed by atoms with Crippen LogP contribution in [0.25, 0.3) is 10.2 Å². The van der Waals surface area contributed by atoms with Crippen molar-refractivity contribution < 1.29 is 14.3 Å². The second-order valence-corrected chi connectivity index (χ2v) is 7.63. The second-order valence-electron chi connectivity index (χ2n) is 6.63. The Morgan fingerprint density at radius 1 is 1.14 bits per heavy atom. The molecule has 152 valence electrons. The molecule has 0 fully saturated rings. The van der Waals surface area contributed by atoms with E-state index in [1.807, 2.05) is 38.1 Å². The number of benzene rings is 1. The van der Waals surface area contributed by atoms with E-state index in [0.717, 1.165) is 39.3 Å². The Labute approximate surface area is 173 Å². The third kappa shape index (κ3) is 4.89. The van der Waals surface area contributed by atoms with Gasteiger partial charge < -0.3 is 15.4 Å². The van der Waals surface area contributed by atoms with Gasteiger partial charge in [0.1, 0.15) is 21.3 Å². The summed E-state index contributed by atoms with van der Waals surface area (Å²) in [4.78, 5) is 33.7. The number of rotatable bonds is 7. The number of aromatic nitrogens is 2. The normalized spacial score (nSPS) is 10.8. The van der Waals surface area contributed by atoms with E-state index in [2.05, 4.69) is 20.6 Å². The van der Waals surface area contributed by atoms with Crippen LogP contribution in [0, 0.1) is 13.8 Å². The maximum absolute atomic E-state index is 12.2. The van der Waals surface area contributed by atoms with E-state index >= 15 is 0 Å². The molecular formula is C21H24N4O3S. The minimum absolute atomic E-state index is 0.0871. The monoisotopic (exact) mass is 412 g/mol. The van der Waals surface area contributed by atoms with E-state index in [4.69, 9.17) is 4.74 Å². The molecule has 2 aromatic heterocycles. The van der Waals surface area contributed by atoms with E-state index < -0.39 is 0 Å². The fraction of sp³-hybridized carbons (Fsp3) is 0.333. The third-order valence-electron chi connectivity index (χ3n) is 4.34. The van der Waals surface area contributed by atoms with Crippen LogP contribution in [-0.2, 0) is 16.0 Å². The van der Waals surface area contributed by atoms with Crippen molar-refractivity contribution in [1.29, 1.82) is 0 Å². The minimum atomic E-state index is -0.323. The zero-order chi connectivity index (χ0) is 21.0. The van der Waals surface area contributed by atoms with Crippen molar-refractivity contribution in [3.05, 3.63) is 46.1 Å². The van der Waals surface area contributed by atoms with E-state index in [9.17, 15) is 9.59 Å². The van der Waals surface area contributed by atoms with Crippen LogP contribution in [-0.4, -0.2) is 35.0 Å². The highest BCUT2D eigenvalue weighted by molar-refractivity contribution is 7.20. The average molecular weight is 413 g/mol. The smallest absolute Gasteiger partial charge is 0.348 e. The Balaban J connectivity index is 1.76. The summed E-state index contributed by atoms with van der Waals surface area (Å²) in [5.41, 5.74) is 2.76. The lowest BCUT2D eigenvalue weighted by molar-refractivity contribution is -0.114. The number of ether oxygens (including phenoxy) is 1. The van der Waals surface area contributed by atoms with Gasteiger partial charge in [-0.1, -0.05) is 12.1 Å². The number of nitrogens with zero attached hydrogens (tertiary/aromatic N) is 2. The van der Waals surface area contributed by atoms with E-state index in [0.29, 0.717) is 23.9 Å². The third-order valence-corrected chi connectivity index (χ3v) is 5.51. The molecule has 3 rings (SSSR count). The summed E-state index contributed by atoms with van der Waals surface area (Å²) in [5.74, 6) is 0.967. The number of hydrogen-bond donors (Lipinski definition) is 2. The van der Waals surface area contributed by atoms with Crippen LogP contribution in [0.3, 0.4) is 0 Å². The molecule has 0 spiro atoms. The molecule has 0 radical (unpaired) electrons. The molecule has 7 nitrogen and oxygen atoms in total. The molecule has 0 aliphatic heterocycles. The molecule has 2 N–H and O–H groups in total. The quantitative estimate of drug-likeness (QED) is 0.568. The number of hydrogen-bond acceptors (Lipinski definition) is 7. The molecule has 1 aromatic carbocycles. The summed E-state index contributed by atoms with van der Waals surface area (Å²) >= 11 is 1.34. The van der Waals surface area contributed by atoms with Gasteiger partial charge in [0.05, 0.1) is 12.0 Å². The molecule has 0 atom stereocenters. The molecule has 0 saturated carbocycles. The number of carbonyl (C=O) groups is 2. The number of anilines is 2. The highest BCUT2D eigenvalue weighted by Crippen LogP contribution is 2.34. The van der Waals surface area contributed by atoms with Crippen molar-refractivity contribution >= 4 is 44.9 Å². The standard InChI is InChI=1S/C21H24N4O3S/c1-5-28-21(27)18-12(2)17-19(23-13(3)24-20(17)29-18)22-11-10-15-6-8-16(9-7-15)25-14(4)26/h6-9H,5,10-11H2,1-4H3,(H,25,26)(H,22,23,24). The van der Waals surface area contributed by atoms with Gasteiger partial charge >= 0.3 is 5.97 Å². The predicted octanol–water partition coefficient (Wildman–Crippen LogP) is 4.10. The molecule has 1 amide bonds. The van der Waals surface area contributed by atoms with Crippen molar-refractivity contribution in [2.24, 2.45) is 0 Å². The second kappa shape index (κ2) is 9.00. The molecule has 0 aliphatic carbocycles. The van der Waals surface area contributed by atoms with E-state index in [1.165, 1.54) is 18.3 Å². The van der Waals surface area contributed by atoms with Crippen LogP contribution >= 0.6 is 11.3 Å². The van der Waals surface area contributed by atoms with Gasteiger partial charge in [-0.25, -0.2) is 14.8 Å². The number of carbonyl (C=O) groups excluding carboxylic acids is 2. The lowest BCUT2D eigenvalue weighted by Crippen LogP contribution is -2.09. The maximum Gasteiger partial charge on any atom is 0.348 e. The van der Waals surface area contributed by atoms with Crippen LogP contribution < -0.4 is 10.6 Å². The van der Waals surface area contributed by atoms with Gasteiger partial charge in [-0.2, -0.15) is 0 Å². The summed E-state index contributed by atoms with van der Waals surface area (Å²) in [6.07, 6.45) is 0.790. The molecule has 0 saturated heterocycles. The first kappa shape index (κ1) is 20.7. The SMILES string of the molecule is CCOC(=O)c1sc2nc(C)nc(NCCc3ccc(NC(C)=O)cc3)c2c1C. The van der Waals surface area contributed by atoms with Crippen LogP contribution in [0.1, 0.15) is 40.5 Å². The largest absolute Gasteiger partial charge is 0.462 e. The maximum atomic E-state index is 12.2. The molecule has 0 bridgehead atoms. The fourth-order valence-electron chi connectivity index (χ4n) is 3.05. The lowest BCUT2D eigenvalue weighted by Gasteiger charge is -2.09. The zero-order valence-corrected chi connectivity index (χ0v) is 17.8. The Morgan fingerprint density at radius 2 is 1.86 bits per heavy atom. The summed E-state index contributed by atoms with van der Waals surface area (Å²) < 4.78 is 5.16. The summed E-state index contributed by atoms with van der Waals surface area (Å²) in [5, 5.41) is 7.01. The van der Waals surface area contributed by atoms with Gasteiger partial charge in [0.15, 0.2) is 0 Å². The predicted molar refractivity (Wildman–Crippen MR) is 116 cm³/mol. The highest BCUT2D eigenvalue weighted by Gasteiger charge is 2.20. The molecule has 2 heterocycles. The van der Waals surface area contributed by atoms with Gasteiger partial charge in [0, 0.05) is 19.2 Å². The van der Waals surface area contributed by atoms with Crippen molar-refractivity contribution in [2.75, 3.05) is 23.8 Å². The Hall–Kier alpha value is -3.00. The van der Waals surface area contributed by atoms with Crippen LogP contribution in [0.4, 0.5) is 11.5 Å². The Kier molecular flexibility index (Phi) is 6.43. The highest BCUT2D eigenvalue weighted by atomic mass is 32.1. The van der Waals surface area contributed by atoms with Crippen molar-refractivity contribution in [2.45, 2.75) is 34.1 Å². The van der Waals surface area contributed by atoms with Crippen LogP contribution in [0.5, 0.6) is 0 Å². The van der Waals surface area contributed by atoms with Crippen LogP contribution in [0.2, 0.25) is 0 Å². The van der Waals surface area contributed by atoms with Gasteiger partial charge in [0.2, 0.25) is 5.91 Å². The van der Waals surface area contributed by atoms with Gasteiger partial charge in [0.25, 0.3) is 0 Å². The molecule has 0 unspecified atom stereocenters. The molecular weight excluding hydrogens is 388 g/mol. The average Bonchev–Trinajstić information content (AvgIpc) is 2.99. The fourth-order valence-corrected chi connectivity index (χ4v) is 4.17. The molecule has 29 heavy (non-hydrogen) atoms. The zero-order valence-electron chi connectivity index (χ0n) is 17.0. The first-order chi connectivity index (χ1) is 13.9. The topological polar surface area (TPSA) is 93.2 Å². The van der Waals surface area contributed by atoms with E-state index in [1.54, 1.807) is 6.92 Å². The van der Waals surface area contributed by atoms with Gasteiger partial charge in [-0.15, -0.1) is 11.3 Å². The molecule has 8 heteroatoms. The summed E-state index contributed by atoms with van der Waals surface area (Å²) in [6, 6.07) is 7.75. The number of amides is 1. The Morgan fingerprint density at radius 3 is 2.52 bits per heavy atom.